The van der Waals surface area contributed by atoms with Crippen LogP contribution in [0.2, 0.25) is 0 Å². The lowest BCUT2D eigenvalue weighted by Crippen LogP contribution is -2.01. The molecule has 2 aromatic rings. The predicted molar refractivity (Wildman–Crippen MR) is 86.7 cm³/mol. The molecule has 2 aromatic carbocycles. The van der Waals surface area contributed by atoms with Crippen molar-refractivity contribution in [3.63, 3.8) is 0 Å². The molecule has 0 saturated heterocycles. The zero-order valence-electron chi connectivity index (χ0n) is 10.8. The number of anilines is 1. The van der Waals surface area contributed by atoms with Gasteiger partial charge in [-0.05, 0) is 75.0 Å². The van der Waals surface area contributed by atoms with Crippen molar-refractivity contribution in [3.8, 4) is 5.75 Å². The Bertz CT molecular complexity index is 588. The van der Waals surface area contributed by atoms with E-state index in [1.54, 1.807) is 0 Å². The van der Waals surface area contributed by atoms with Crippen molar-refractivity contribution >= 4 is 37.5 Å². The Labute approximate surface area is 130 Å². The average molecular weight is 385 g/mol. The number of hydrogen-bond acceptors (Lipinski definition) is 2. The fourth-order valence-corrected chi connectivity index (χ4v) is 3.21. The lowest BCUT2D eigenvalue weighted by molar-refractivity contribution is 0.468. The molecule has 0 unspecified atom stereocenters. The van der Waals surface area contributed by atoms with E-state index < -0.39 is 0 Å². The topological polar surface area (TPSA) is 32.3 Å². The minimum absolute atomic E-state index is 0.232. The van der Waals surface area contributed by atoms with Crippen LogP contribution in [0.1, 0.15) is 16.7 Å². The number of nitrogens with one attached hydrogen (secondary N) is 1. The maximum Gasteiger partial charge on any atom is 0.143 e. The van der Waals surface area contributed by atoms with Crippen molar-refractivity contribution in [1.82, 2.24) is 0 Å². The first-order chi connectivity index (χ1) is 8.97. The number of hydrogen-bond donors (Lipinski definition) is 2. The summed E-state index contributed by atoms with van der Waals surface area (Å²) in [5, 5.41) is 13.1. The van der Waals surface area contributed by atoms with Gasteiger partial charge in [-0.2, -0.15) is 0 Å². The molecule has 4 heteroatoms. The second kappa shape index (κ2) is 5.97. The Morgan fingerprint density at radius 2 is 1.68 bits per heavy atom. The van der Waals surface area contributed by atoms with Crippen molar-refractivity contribution in [2.75, 3.05) is 5.32 Å². The van der Waals surface area contributed by atoms with E-state index in [9.17, 15) is 5.11 Å². The molecule has 0 heterocycles. The fourth-order valence-electron chi connectivity index (χ4n) is 1.93. The molecule has 0 spiro atoms. The first kappa shape index (κ1) is 14.4. The largest absolute Gasteiger partial charge is 0.506 e. The van der Waals surface area contributed by atoms with Gasteiger partial charge < -0.3 is 10.4 Å². The summed E-state index contributed by atoms with van der Waals surface area (Å²) in [6, 6.07) is 10.2. The number of rotatable bonds is 3. The average Bonchev–Trinajstić information content (AvgIpc) is 2.34. The summed E-state index contributed by atoms with van der Waals surface area (Å²) in [5.74, 6) is 0.232. The highest BCUT2D eigenvalue weighted by Gasteiger charge is 2.06. The van der Waals surface area contributed by atoms with Crippen molar-refractivity contribution in [3.05, 3.63) is 56.0 Å². The maximum atomic E-state index is 9.68. The predicted octanol–water partition coefficient (Wildman–Crippen LogP) is 5.15. The summed E-state index contributed by atoms with van der Waals surface area (Å²) in [7, 11) is 0. The zero-order chi connectivity index (χ0) is 14.0. The molecule has 0 aliphatic rings. The van der Waals surface area contributed by atoms with E-state index in [1.807, 2.05) is 12.1 Å². The minimum atomic E-state index is 0.232. The van der Waals surface area contributed by atoms with Crippen molar-refractivity contribution in [2.24, 2.45) is 0 Å². The van der Waals surface area contributed by atoms with E-state index in [-0.39, 0.29) is 5.75 Å². The van der Waals surface area contributed by atoms with Crippen LogP contribution in [0, 0.1) is 13.8 Å². The van der Waals surface area contributed by atoms with Gasteiger partial charge in [0.25, 0.3) is 0 Å². The number of aromatic hydroxyl groups is 1. The van der Waals surface area contributed by atoms with Crippen LogP contribution in [0.5, 0.6) is 5.75 Å². The third kappa shape index (κ3) is 3.51. The summed E-state index contributed by atoms with van der Waals surface area (Å²) in [6.07, 6.45) is 0. The third-order valence-corrected chi connectivity index (χ3v) is 4.15. The monoisotopic (exact) mass is 383 g/mol. The lowest BCUT2D eigenvalue weighted by atomic mass is 10.1. The lowest BCUT2D eigenvalue weighted by Gasteiger charge is -2.11. The quantitative estimate of drug-likeness (QED) is 0.767. The van der Waals surface area contributed by atoms with Gasteiger partial charge in [0.2, 0.25) is 0 Å². The van der Waals surface area contributed by atoms with Crippen LogP contribution in [-0.2, 0) is 6.54 Å². The van der Waals surface area contributed by atoms with Crippen LogP contribution >= 0.6 is 31.9 Å². The molecule has 100 valence electrons. The van der Waals surface area contributed by atoms with E-state index in [2.05, 4.69) is 69.2 Å². The number of halogens is 2. The van der Waals surface area contributed by atoms with Gasteiger partial charge in [0.15, 0.2) is 0 Å². The normalized spacial score (nSPS) is 10.5. The molecule has 0 radical (unpaired) electrons. The standard InChI is InChI=1S/C15H15Br2NO/c1-9-3-4-14(10(2)5-9)18-8-11-6-12(16)15(19)13(17)7-11/h3-7,18-19H,8H2,1-2H3. The Hall–Kier alpha value is -1.000. The van der Waals surface area contributed by atoms with Crippen LogP contribution < -0.4 is 5.32 Å². The molecule has 2 N–H and O–H groups in total. The van der Waals surface area contributed by atoms with Gasteiger partial charge in [-0.3, -0.25) is 0 Å². The van der Waals surface area contributed by atoms with E-state index >= 15 is 0 Å². The van der Waals surface area contributed by atoms with Gasteiger partial charge in [-0.1, -0.05) is 17.7 Å². The van der Waals surface area contributed by atoms with Crippen LogP contribution in [0.3, 0.4) is 0 Å². The molecule has 0 amide bonds. The summed E-state index contributed by atoms with van der Waals surface area (Å²) in [5.41, 5.74) is 4.72. The Morgan fingerprint density at radius 1 is 1.05 bits per heavy atom. The number of aryl methyl sites for hydroxylation is 2. The zero-order valence-corrected chi connectivity index (χ0v) is 14.0. The smallest absolute Gasteiger partial charge is 0.143 e. The summed E-state index contributed by atoms with van der Waals surface area (Å²) in [6.45, 7) is 4.89. The molecule has 0 atom stereocenters. The highest BCUT2D eigenvalue weighted by Crippen LogP contribution is 2.33. The molecule has 19 heavy (non-hydrogen) atoms. The number of benzene rings is 2. The van der Waals surface area contributed by atoms with Gasteiger partial charge in [0.1, 0.15) is 5.75 Å². The summed E-state index contributed by atoms with van der Waals surface area (Å²) < 4.78 is 1.39. The van der Waals surface area contributed by atoms with E-state index in [0.717, 1.165) is 11.3 Å². The Morgan fingerprint density at radius 3 is 2.26 bits per heavy atom. The van der Waals surface area contributed by atoms with Crippen LogP contribution in [0.15, 0.2) is 39.3 Å². The highest BCUT2D eigenvalue weighted by molar-refractivity contribution is 9.11. The molecule has 0 bridgehead atoms. The molecule has 0 saturated carbocycles. The molecule has 2 nitrogen and oxygen atoms in total. The molecular weight excluding hydrogens is 370 g/mol. The van der Waals surface area contributed by atoms with Crippen LogP contribution in [-0.4, -0.2) is 5.11 Å². The molecular formula is C15H15Br2NO. The van der Waals surface area contributed by atoms with Crippen molar-refractivity contribution in [2.45, 2.75) is 20.4 Å². The van der Waals surface area contributed by atoms with Crippen molar-refractivity contribution < 1.29 is 5.11 Å². The van der Waals surface area contributed by atoms with Crippen LogP contribution in [0.4, 0.5) is 5.69 Å². The second-order valence-corrected chi connectivity index (χ2v) is 6.29. The third-order valence-electron chi connectivity index (χ3n) is 2.94. The first-order valence-corrected chi connectivity index (χ1v) is 7.54. The summed E-state index contributed by atoms with van der Waals surface area (Å²) >= 11 is 6.68. The van der Waals surface area contributed by atoms with Crippen molar-refractivity contribution in [1.29, 1.82) is 0 Å². The van der Waals surface area contributed by atoms with E-state index in [0.29, 0.717) is 15.5 Å². The maximum absolute atomic E-state index is 9.68. The first-order valence-electron chi connectivity index (χ1n) is 5.95. The van der Waals surface area contributed by atoms with Gasteiger partial charge in [0.05, 0.1) is 8.95 Å². The van der Waals surface area contributed by atoms with Gasteiger partial charge in [-0.15, -0.1) is 0 Å². The molecule has 2 rings (SSSR count). The number of phenols is 1. The molecule has 0 fully saturated rings. The number of phenolic OH excluding ortho intramolecular Hbond substituents is 1. The van der Waals surface area contributed by atoms with Gasteiger partial charge in [0, 0.05) is 12.2 Å². The molecule has 0 aliphatic heterocycles. The Balaban J connectivity index is 2.14. The molecule has 0 aliphatic carbocycles. The van der Waals surface area contributed by atoms with E-state index in [1.165, 1.54) is 11.1 Å². The fraction of sp³-hybridized carbons (Fsp3) is 0.200. The Kier molecular flexibility index (Phi) is 4.53. The van der Waals surface area contributed by atoms with E-state index in [4.69, 9.17) is 0 Å². The van der Waals surface area contributed by atoms with Gasteiger partial charge >= 0.3 is 0 Å². The second-order valence-electron chi connectivity index (χ2n) is 4.58. The van der Waals surface area contributed by atoms with Gasteiger partial charge in [-0.25, -0.2) is 0 Å². The SMILES string of the molecule is Cc1ccc(NCc2cc(Br)c(O)c(Br)c2)c(C)c1. The highest BCUT2D eigenvalue weighted by atomic mass is 79.9. The molecule has 0 aromatic heterocycles. The van der Waals surface area contributed by atoms with Crippen LogP contribution in [0.25, 0.3) is 0 Å². The minimum Gasteiger partial charge on any atom is -0.506 e. The summed E-state index contributed by atoms with van der Waals surface area (Å²) in [4.78, 5) is 0.